The van der Waals surface area contributed by atoms with Gasteiger partial charge in [-0.25, -0.2) is 4.98 Å². The highest BCUT2D eigenvalue weighted by Crippen LogP contribution is 2.32. The Labute approximate surface area is 146 Å². The number of likely N-dealkylation sites (tertiary alicyclic amines) is 1. The lowest BCUT2D eigenvalue weighted by molar-refractivity contribution is -0.0810. The minimum absolute atomic E-state index is 0.0298. The molecule has 4 heterocycles. The number of carbonyl (C=O) groups is 1. The molecule has 0 saturated carbocycles. The summed E-state index contributed by atoms with van der Waals surface area (Å²) >= 11 is 0. The van der Waals surface area contributed by atoms with Gasteiger partial charge < -0.3 is 14.4 Å². The number of rotatable bonds is 4. The molecule has 7 heteroatoms. The number of carbonyl (C=O) groups excluding carboxylic acids is 1. The number of nitrogens with zero attached hydrogens (tertiary/aromatic N) is 4. The maximum Gasteiger partial charge on any atom is 0.274 e. The molecule has 4 rings (SSSR count). The fourth-order valence-corrected chi connectivity index (χ4v) is 3.53. The van der Waals surface area contributed by atoms with Crippen LogP contribution in [0, 0.1) is 0 Å². The molecule has 2 saturated heterocycles. The molecule has 0 N–H and O–H groups in total. The maximum atomic E-state index is 12.8. The monoisotopic (exact) mass is 340 g/mol. The molecule has 2 fully saturated rings. The van der Waals surface area contributed by atoms with Crippen LogP contribution in [0.1, 0.15) is 28.9 Å². The molecule has 2 aliphatic heterocycles. The number of hydrogen-bond acceptors (Lipinski definition) is 6. The number of aromatic nitrogens is 3. The Bertz CT molecular complexity index is 713. The van der Waals surface area contributed by atoms with Crippen LogP contribution in [0.3, 0.4) is 0 Å². The van der Waals surface area contributed by atoms with Gasteiger partial charge in [-0.3, -0.25) is 14.8 Å². The topological polar surface area (TPSA) is 77.4 Å². The highest BCUT2D eigenvalue weighted by molar-refractivity contribution is 5.92. The van der Waals surface area contributed by atoms with Crippen molar-refractivity contribution in [3.8, 4) is 0 Å². The first-order valence-corrected chi connectivity index (χ1v) is 8.52. The first-order chi connectivity index (χ1) is 12.3. The zero-order valence-corrected chi connectivity index (χ0v) is 13.8. The largest absolute Gasteiger partial charge is 0.373 e. The first kappa shape index (κ1) is 16.1. The molecule has 0 bridgehead atoms. The summed E-state index contributed by atoms with van der Waals surface area (Å²) in [5, 5.41) is 0. The molecule has 130 valence electrons. The predicted molar refractivity (Wildman–Crippen MR) is 88.6 cm³/mol. The second-order valence-corrected chi connectivity index (χ2v) is 6.30. The van der Waals surface area contributed by atoms with Gasteiger partial charge in [0, 0.05) is 31.4 Å². The predicted octanol–water partition coefficient (Wildman–Crippen LogP) is 1.46. The van der Waals surface area contributed by atoms with Crippen molar-refractivity contribution in [3.05, 3.63) is 54.4 Å². The molecule has 7 nitrogen and oxygen atoms in total. The molecule has 2 aromatic rings. The molecule has 0 radical (unpaired) electrons. The summed E-state index contributed by atoms with van der Waals surface area (Å²) in [6, 6.07) is 3.89. The summed E-state index contributed by atoms with van der Waals surface area (Å²) in [6.45, 7) is 1.67. The molecule has 0 aliphatic carbocycles. The van der Waals surface area contributed by atoms with E-state index in [4.69, 9.17) is 9.47 Å². The van der Waals surface area contributed by atoms with Gasteiger partial charge >= 0.3 is 0 Å². The number of pyridine rings is 1. The Kier molecular flexibility index (Phi) is 4.67. The second kappa shape index (κ2) is 7.25. The lowest BCUT2D eigenvalue weighted by Crippen LogP contribution is -2.44. The van der Waals surface area contributed by atoms with Crippen molar-refractivity contribution >= 4 is 5.91 Å². The van der Waals surface area contributed by atoms with Gasteiger partial charge in [0.2, 0.25) is 0 Å². The zero-order chi connectivity index (χ0) is 17.1. The summed E-state index contributed by atoms with van der Waals surface area (Å²) in [6.07, 6.45) is 9.76. The number of amides is 1. The summed E-state index contributed by atoms with van der Waals surface area (Å²) in [5.41, 5.74) is 1.37. The van der Waals surface area contributed by atoms with E-state index in [0.29, 0.717) is 25.5 Å². The van der Waals surface area contributed by atoms with Gasteiger partial charge in [0.25, 0.3) is 5.91 Å². The van der Waals surface area contributed by atoms with Crippen LogP contribution in [-0.4, -0.2) is 57.2 Å². The molecule has 25 heavy (non-hydrogen) atoms. The van der Waals surface area contributed by atoms with E-state index >= 15 is 0 Å². The first-order valence-electron chi connectivity index (χ1n) is 8.52. The van der Waals surface area contributed by atoms with Crippen molar-refractivity contribution < 1.29 is 14.3 Å². The van der Waals surface area contributed by atoms with Gasteiger partial charge in [-0.05, 0) is 24.5 Å². The Morgan fingerprint density at radius 3 is 3.00 bits per heavy atom. The van der Waals surface area contributed by atoms with E-state index < -0.39 is 0 Å². The third kappa shape index (κ3) is 3.38. The van der Waals surface area contributed by atoms with Crippen LogP contribution in [0.2, 0.25) is 0 Å². The smallest absolute Gasteiger partial charge is 0.274 e. The van der Waals surface area contributed by atoms with Crippen molar-refractivity contribution in [1.29, 1.82) is 0 Å². The van der Waals surface area contributed by atoms with Gasteiger partial charge in [-0.2, -0.15) is 0 Å². The number of ether oxygens (including phenoxy) is 2. The van der Waals surface area contributed by atoms with Crippen molar-refractivity contribution in [1.82, 2.24) is 19.9 Å². The lowest BCUT2D eigenvalue weighted by Gasteiger charge is -2.32. The normalized spacial score (nSPS) is 25.6. The SMILES string of the molecule is O=C(c1cnccn1)N1C[C@@H](OCc2cccnc2)[C@H]2OCCC[C@@H]21. The number of hydrogen-bond donors (Lipinski definition) is 0. The summed E-state index contributed by atoms with van der Waals surface area (Å²) in [7, 11) is 0. The van der Waals surface area contributed by atoms with Crippen molar-refractivity contribution in [2.75, 3.05) is 13.2 Å². The molecule has 2 aromatic heterocycles. The van der Waals surface area contributed by atoms with Crippen LogP contribution >= 0.6 is 0 Å². The minimum atomic E-state index is -0.147. The fraction of sp³-hybridized carbons (Fsp3) is 0.444. The second-order valence-electron chi connectivity index (χ2n) is 6.30. The maximum absolute atomic E-state index is 12.8. The van der Waals surface area contributed by atoms with E-state index in [-0.39, 0.29) is 24.2 Å². The van der Waals surface area contributed by atoms with Gasteiger partial charge in [-0.15, -0.1) is 0 Å². The van der Waals surface area contributed by atoms with Crippen molar-refractivity contribution in [2.45, 2.75) is 37.7 Å². The van der Waals surface area contributed by atoms with Gasteiger partial charge in [0.05, 0.1) is 25.4 Å². The molecule has 0 unspecified atom stereocenters. The highest BCUT2D eigenvalue weighted by atomic mass is 16.5. The van der Waals surface area contributed by atoms with Gasteiger partial charge in [0.15, 0.2) is 0 Å². The van der Waals surface area contributed by atoms with Crippen LogP contribution in [0.5, 0.6) is 0 Å². The Morgan fingerprint density at radius 2 is 2.20 bits per heavy atom. The van der Waals surface area contributed by atoms with Gasteiger partial charge in [-0.1, -0.05) is 6.07 Å². The number of fused-ring (bicyclic) bond motifs is 1. The van der Waals surface area contributed by atoms with Crippen LogP contribution in [0.15, 0.2) is 43.1 Å². The Morgan fingerprint density at radius 1 is 1.28 bits per heavy atom. The summed E-state index contributed by atoms with van der Waals surface area (Å²) in [4.78, 5) is 26.9. The molecule has 0 spiro atoms. The molecular formula is C18H20N4O3. The van der Waals surface area contributed by atoms with Crippen LogP contribution in [-0.2, 0) is 16.1 Å². The highest BCUT2D eigenvalue weighted by Gasteiger charge is 2.47. The van der Waals surface area contributed by atoms with E-state index in [1.807, 2.05) is 17.0 Å². The third-order valence-electron chi connectivity index (χ3n) is 4.71. The average molecular weight is 340 g/mol. The van der Waals surface area contributed by atoms with E-state index in [9.17, 15) is 4.79 Å². The standard InChI is InChI=1S/C18H20N4O3/c23-18(14-10-20-6-7-21-14)22-11-16(17-15(22)4-2-8-24-17)25-12-13-3-1-5-19-9-13/h1,3,5-7,9-10,15-17H,2,4,8,11-12H2/t15-,16+,17-/m0/s1. The zero-order valence-electron chi connectivity index (χ0n) is 13.8. The quantitative estimate of drug-likeness (QED) is 0.839. The van der Waals surface area contributed by atoms with E-state index in [1.54, 1.807) is 18.6 Å². The van der Waals surface area contributed by atoms with Crippen LogP contribution in [0.4, 0.5) is 0 Å². The molecule has 2 aliphatic rings. The molecular weight excluding hydrogens is 320 g/mol. The Hall–Kier alpha value is -2.38. The summed E-state index contributed by atoms with van der Waals surface area (Å²) < 4.78 is 12.0. The van der Waals surface area contributed by atoms with E-state index in [0.717, 1.165) is 18.4 Å². The van der Waals surface area contributed by atoms with Crippen LogP contribution in [0.25, 0.3) is 0 Å². The van der Waals surface area contributed by atoms with E-state index in [1.165, 1.54) is 12.4 Å². The van der Waals surface area contributed by atoms with Crippen molar-refractivity contribution in [3.63, 3.8) is 0 Å². The molecule has 1 amide bonds. The van der Waals surface area contributed by atoms with E-state index in [2.05, 4.69) is 15.0 Å². The average Bonchev–Trinajstić information content (AvgIpc) is 3.06. The third-order valence-corrected chi connectivity index (χ3v) is 4.71. The molecule has 0 aromatic carbocycles. The Balaban J connectivity index is 1.48. The molecule has 3 atom stereocenters. The fourth-order valence-electron chi connectivity index (χ4n) is 3.53. The minimum Gasteiger partial charge on any atom is -0.373 e. The summed E-state index contributed by atoms with van der Waals surface area (Å²) in [5.74, 6) is -0.110. The van der Waals surface area contributed by atoms with Crippen molar-refractivity contribution in [2.24, 2.45) is 0 Å². The lowest BCUT2D eigenvalue weighted by atomic mass is 10.0. The van der Waals surface area contributed by atoms with Crippen LogP contribution < -0.4 is 0 Å². The van der Waals surface area contributed by atoms with Gasteiger partial charge in [0.1, 0.15) is 17.9 Å².